The Bertz CT molecular complexity index is 1040. The molecule has 0 aromatic heterocycles. The molecule has 1 atom stereocenters. The van der Waals surface area contributed by atoms with E-state index in [1.807, 2.05) is 62.4 Å². The number of amides is 2. The van der Waals surface area contributed by atoms with E-state index in [1.165, 1.54) is 4.90 Å². The number of likely N-dealkylation sites (tertiary alicyclic amines) is 1. The van der Waals surface area contributed by atoms with E-state index < -0.39 is 0 Å². The van der Waals surface area contributed by atoms with Gasteiger partial charge in [0.05, 0.1) is 25.3 Å². The monoisotopic (exact) mass is 448 g/mol. The van der Waals surface area contributed by atoms with Crippen LogP contribution in [-0.2, 0) is 16.1 Å². The van der Waals surface area contributed by atoms with Crippen LogP contribution in [0.4, 0.5) is 0 Å². The molecule has 0 N–H and O–H groups in total. The molecule has 0 spiro atoms. The number of nitrogens with zero attached hydrogens (tertiary/aromatic N) is 2. The summed E-state index contributed by atoms with van der Waals surface area (Å²) in [6.45, 7) is 7.94. The van der Waals surface area contributed by atoms with E-state index in [0.717, 1.165) is 48.6 Å². The van der Waals surface area contributed by atoms with Crippen LogP contribution in [0.1, 0.15) is 44.7 Å². The summed E-state index contributed by atoms with van der Waals surface area (Å²) >= 11 is 0. The molecular formula is C27H32N2O4. The maximum absolute atomic E-state index is 13.6. The van der Waals surface area contributed by atoms with Crippen LogP contribution in [0.5, 0.6) is 11.5 Å². The van der Waals surface area contributed by atoms with Gasteiger partial charge in [0.2, 0.25) is 0 Å². The maximum atomic E-state index is 13.6. The van der Waals surface area contributed by atoms with Gasteiger partial charge >= 0.3 is 0 Å². The van der Waals surface area contributed by atoms with Crippen LogP contribution in [0.2, 0.25) is 0 Å². The van der Waals surface area contributed by atoms with Gasteiger partial charge in [0.1, 0.15) is 17.2 Å². The lowest BCUT2D eigenvalue weighted by molar-refractivity contribution is -0.138. The Morgan fingerprint density at radius 1 is 0.970 bits per heavy atom. The molecule has 0 radical (unpaired) electrons. The van der Waals surface area contributed by atoms with Crippen molar-refractivity contribution in [3.63, 3.8) is 0 Å². The Kier molecular flexibility index (Phi) is 6.72. The van der Waals surface area contributed by atoms with Crippen LogP contribution >= 0.6 is 0 Å². The number of rotatable bonds is 7. The number of ether oxygens (including phenoxy) is 2. The van der Waals surface area contributed by atoms with Crippen LogP contribution in [0, 0.1) is 5.92 Å². The molecule has 2 aliphatic rings. The highest BCUT2D eigenvalue weighted by molar-refractivity contribution is 6.35. The molecule has 2 amide bonds. The smallest absolute Gasteiger partial charge is 0.278 e. The van der Waals surface area contributed by atoms with Gasteiger partial charge in [-0.25, -0.2) is 0 Å². The van der Waals surface area contributed by atoms with Gasteiger partial charge in [-0.3, -0.25) is 14.5 Å². The zero-order chi connectivity index (χ0) is 23.5. The van der Waals surface area contributed by atoms with E-state index in [0.29, 0.717) is 17.2 Å². The summed E-state index contributed by atoms with van der Waals surface area (Å²) in [7, 11) is 1.61. The van der Waals surface area contributed by atoms with Crippen LogP contribution in [0.3, 0.4) is 0 Å². The summed E-state index contributed by atoms with van der Waals surface area (Å²) in [5.41, 5.74) is 2.64. The minimum atomic E-state index is -0.249. The highest BCUT2D eigenvalue weighted by Gasteiger charge is 2.42. The van der Waals surface area contributed by atoms with Gasteiger partial charge in [0.15, 0.2) is 0 Å². The van der Waals surface area contributed by atoms with Crippen molar-refractivity contribution in [1.82, 2.24) is 9.80 Å². The third kappa shape index (κ3) is 4.90. The molecular weight excluding hydrogens is 416 g/mol. The highest BCUT2D eigenvalue weighted by atomic mass is 16.5. The number of imide groups is 1. The SMILES string of the molecule is COc1ccc(CN2C(=O)C(c3ccc(OC(C)C)cc3)=C(N3CCCC(C)C3)C2=O)cc1. The average Bonchev–Trinajstić information content (AvgIpc) is 3.04. The van der Waals surface area contributed by atoms with Crippen LogP contribution in [0.15, 0.2) is 54.2 Å². The Hall–Kier alpha value is -3.28. The number of carbonyl (C=O) groups is 2. The minimum Gasteiger partial charge on any atom is -0.497 e. The summed E-state index contributed by atoms with van der Waals surface area (Å²) < 4.78 is 11.0. The van der Waals surface area contributed by atoms with Gasteiger partial charge in [0.25, 0.3) is 11.8 Å². The summed E-state index contributed by atoms with van der Waals surface area (Å²) in [5, 5.41) is 0. The molecule has 6 heteroatoms. The first-order valence-corrected chi connectivity index (χ1v) is 11.6. The van der Waals surface area contributed by atoms with Gasteiger partial charge in [-0.15, -0.1) is 0 Å². The van der Waals surface area contributed by atoms with Crippen molar-refractivity contribution in [3.8, 4) is 11.5 Å². The van der Waals surface area contributed by atoms with E-state index >= 15 is 0 Å². The van der Waals surface area contributed by atoms with Crippen molar-refractivity contribution in [2.45, 2.75) is 46.3 Å². The number of carbonyl (C=O) groups excluding carboxylic acids is 2. The van der Waals surface area contributed by atoms with Gasteiger partial charge < -0.3 is 14.4 Å². The molecule has 1 saturated heterocycles. The summed E-state index contributed by atoms with van der Waals surface area (Å²) in [6.07, 6.45) is 2.21. The van der Waals surface area contributed by atoms with Crippen molar-refractivity contribution in [2.75, 3.05) is 20.2 Å². The molecule has 2 aromatic rings. The molecule has 2 aromatic carbocycles. The van der Waals surface area contributed by atoms with Crippen molar-refractivity contribution in [2.24, 2.45) is 5.92 Å². The lowest BCUT2D eigenvalue weighted by Gasteiger charge is -2.33. The summed E-state index contributed by atoms with van der Waals surface area (Å²) in [6, 6.07) is 14.9. The molecule has 174 valence electrons. The number of benzene rings is 2. The van der Waals surface area contributed by atoms with E-state index in [4.69, 9.17) is 9.47 Å². The molecule has 1 unspecified atom stereocenters. The van der Waals surface area contributed by atoms with E-state index in [1.54, 1.807) is 7.11 Å². The quantitative estimate of drug-likeness (QED) is 0.584. The number of hydrogen-bond acceptors (Lipinski definition) is 5. The predicted molar refractivity (Wildman–Crippen MR) is 128 cm³/mol. The largest absolute Gasteiger partial charge is 0.497 e. The second-order valence-electron chi connectivity index (χ2n) is 9.15. The molecule has 6 nitrogen and oxygen atoms in total. The summed E-state index contributed by atoms with van der Waals surface area (Å²) in [4.78, 5) is 30.7. The van der Waals surface area contributed by atoms with Crippen LogP contribution in [0.25, 0.3) is 5.57 Å². The lowest BCUT2D eigenvalue weighted by atomic mass is 9.97. The van der Waals surface area contributed by atoms with Gasteiger partial charge in [-0.2, -0.15) is 0 Å². The highest BCUT2D eigenvalue weighted by Crippen LogP contribution is 2.35. The Morgan fingerprint density at radius 3 is 2.24 bits per heavy atom. The topological polar surface area (TPSA) is 59.1 Å². The fraction of sp³-hybridized carbons (Fsp3) is 0.407. The fourth-order valence-corrected chi connectivity index (χ4v) is 4.54. The number of methoxy groups -OCH3 is 1. The lowest BCUT2D eigenvalue weighted by Crippen LogP contribution is -2.39. The molecule has 4 rings (SSSR count). The summed E-state index contributed by atoms with van der Waals surface area (Å²) in [5.74, 6) is 1.49. The van der Waals surface area contributed by atoms with Crippen molar-refractivity contribution in [3.05, 3.63) is 65.4 Å². The first-order valence-electron chi connectivity index (χ1n) is 11.6. The maximum Gasteiger partial charge on any atom is 0.278 e. The Labute approximate surface area is 195 Å². The molecule has 1 fully saturated rings. The van der Waals surface area contributed by atoms with E-state index in [2.05, 4.69) is 11.8 Å². The third-order valence-corrected chi connectivity index (χ3v) is 6.13. The van der Waals surface area contributed by atoms with Gasteiger partial charge in [-0.05, 0) is 68.0 Å². The normalized spacial score (nSPS) is 19.0. The van der Waals surface area contributed by atoms with Gasteiger partial charge in [0, 0.05) is 13.1 Å². The average molecular weight is 449 g/mol. The number of piperidine rings is 1. The third-order valence-electron chi connectivity index (χ3n) is 6.13. The standard InChI is InChI=1S/C27H32N2O4/c1-18(2)33-23-13-9-21(10-14-23)24-25(28-15-5-6-19(3)16-28)27(31)29(26(24)30)17-20-7-11-22(32-4)12-8-20/h7-14,18-19H,5-6,15-17H2,1-4H3. The van der Waals surface area contributed by atoms with E-state index in [-0.39, 0.29) is 24.5 Å². The second-order valence-corrected chi connectivity index (χ2v) is 9.15. The molecule has 2 heterocycles. The van der Waals surface area contributed by atoms with Crippen molar-refractivity contribution in [1.29, 1.82) is 0 Å². The first kappa shape index (κ1) is 22.9. The van der Waals surface area contributed by atoms with E-state index in [9.17, 15) is 9.59 Å². The molecule has 33 heavy (non-hydrogen) atoms. The van der Waals surface area contributed by atoms with Crippen molar-refractivity contribution >= 4 is 17.4 Å². The zero-order valence-electron chi connectivity index (χ0n) is 19.8. The van der Waals surface area contributed by atoms with Gasteiger partial charge in [-0.1, -0.05) is 31.2 Å². The van der Waals surface area contributed by atoms with Crippen LogP contribution < -0.4 is 9.47 Å². The fourth-order valence-electron chi connectivity index (χ4n) is 4.54. The first-order chi connectivity index (χ1) is 15.9. The second kappa shape index (κ2) is 9.69. The molecule has 0 saturated carbocycles. The molecule has 0 bridgehead atoms. The van der Waals surface area contributed by atoms with Crippen LogP contribution in [-0.4, -0.2) is 47.9 Å². The molecule has 2 aliphatic heterocycles. The molecule has 0 aliphatic carbocycles. The predicted octanol–water partition coefficient (Wildman–Crippen LogP) is 4.49. The van der Waals surface area contributed by atoms with Crippen molar-refractivity contribution < 1.29 is 19.1 Å². The Balaban J connectivity index is 1.68. The zero-order valence-corrected chi connectivity index (χ0v) is 19.8. The minimum absolute atomic E-state index is 0.0649. The Morgan fingerprint density at radius 2 is 1.64 bits per heavy atom. The number of hydrogen-bond donors (Lipinski definition) is 0.